The average molecular weight is 378 g/mol. The summed E-state index contributed by atoms with van der Waals surface area (Å²) in [7, 11) is -3.62. The van der Waals surface area contributed by atoms with Crippen molar-refractivity contribution >= 4 is 10.1 Å². The summed E-state index contributed by atoms with van der Waals surface area (Å²) in [5.74, 6) is -1.24. The summed E-state index contributed by atoms with van der Waals surface area (Å²) in [6.45, 7) is 0.705. The van der Waals surface area contributed by atoms with E-state index >= 15 is 0 Å². The molecule has 3 rings (SSSR count). The summed E-state index contributed by atoms with van der Waals surface area (Å²) in [4.78, 5) is 0. The molecule has 2 unspecified atom stereocenters. The van der Waals surface area contributed by atoms with Crippen molar-refractivity contribution in [1.29, 1.82) is 0 Å². The molecule has 7 heteroatoms. The van der Waals surface area contributed by atoms with Gasteiger partial charge in [0.25, 0.3) is 10.1 Å². The van der Waals surface area contributed by atoms with Crippen LogP contribution < -0.4 is 0 Å². The van der Waals surface area contributed by atoms with E-state index in [1.807, 2.05) is 60.7 Å². The number of rotatable bonds is 9. The first-order valence-corrected chi connectivity index (χ1v) is 10.1. The van der Waals surface area contributed by atoms with E-state index in [2.05, 4.69) is 0 Å². The molecule has 0 bridgehead atoms. The van der Waals surface area contributed by atoms with E-state index in [1.165, 1.54) is 0 Å². The zero-order valence-electron chi connectivity index (χ0n) is 14.5. The molecule has 0 N–H and O–H groups in total. The summed E-state index contributed by atoms with van der Waals surface area (Å²) in [5, 5.41) is 0. The minimum atomic E-state index is -3.62. The van der Waals surface area contributed by atoms with Crippen LogP contribution in [0.1, 0.15) is 11.1 Å². The Bertz CT molecular complexity index is 793. The molecule has 1 aliphatic rings. The van der Waals surface area contributed by atoms with Gasteiger partial charge in [0, 0.05) is 0 Å². The Hall–Kier alpha value is -1.77. The summed E-state index contributed by atoms with van der Waals surface area (Å²) < 4.78 is 45.2. The molecule has 1 aliphatic heterocycles. The minimum Gasteiger partial charge on any atom is -0.365 e. The maximum atomic E-state index is 11.4. The van der Waals surface area contributed by atoms with E-state index < -0.39 is 22.0 Å². The molecule has 1 heterocycles. The lowest BCUT2D eigenvalue weighted by atomic mass is 10.1. The molecule has 2 aromatic carbocycles. The van der Waals surface area contributed by atoms with Crippen molar-refractivity contribution in [3.8, 4) is 0 Å². The highest BCUT2D eigenvalue weighted by Crippen LogP contribution is 2.33. The van der Waals surface area contributed by atoms with Gasteiger partial charge in [-0.3, -0.25) is 4.18 Å². The molecule has 1 saturated heterocycles. The zero-order chi connectivity index (χ0) is 18.5. The van der Waals surface area contributed by atoms with Crippen LogP contribution in [0.3, 0.4) is 0 Å². The van der Waals surface area contributed by atoms with Gasteiger partial charge >= 0.3 is 0 Å². The van der Waals surface area contributed by atoms with E-state index in [9.17, 15) is 8.42 Å². The van der Waals surface area contributed by atoms with Crippen molar-refractivity contribution in [3.05, 3.63) is 71.8 Å². The molecule has 2 aromatic rings. The molecule has 0 amide bonds. The highest BCUT2D eigenvalue weighted by Gasteiger charge is 2.52. The summed E-state index contributed by atoms with van der Waals surface area (Å²) in [5.41, 5.74) is 1.96. The van der Waals surface area contributed by atoms with Gasteiger partial charge in [-0.2, -0.15) is 8.42 Å². The highest BCUT2D eigenvalue weighted by molar-refractivity contribution is 7.85. The van der Waals surface area contributed by atoms with Gasteiger partial charge in [0.2, 0.25) is 5.79 Å². The van der Waals surface area contributed by atoms with Crippen molar-refractivity contribution in [2.24, 2.45) is 0 Å². The first-order valence-electron chi connectivity index (χ1n) is 8.29. The molecule has 140 valence electrons. The fourth-order valence-corrected chi connectivity index (χ4v) is 2.94. The third kappa shape index (κ3) is 5.12. The van der Waals surface area contributed by atoms with Gasteiger partial charge in [0.15, 0.2) is 0 Å². The van der Waals surface area contributed by atoms with Gasteiger partial charge in [-0.05, 0) is 11.1 Å². The maximum absolute atomic E-state index is 11.4. The summed E-state index contributed by atoms with van der Waals surface area (Å²) >= 11 is 0. The van der Waals surface area contributed by atoms with Crippen molar-refractivity contribution in [3.63, 3.8) is 0 Å². The van der Waals surface area contributed by atoms with Crippen LogP contribution in [0, 0.1) is 0 Å². The third-order valence-electron chi connectivity index (χ3n) is 4.06. The van der Waals surface area contributed by atoms with E-state index in [-0.39, 0.29) is 13.2 Å². The molecule has 0 saturated carbocycles. The Morgan fingerprint density at radius 3 is 2.08 bits per heavy atom. The van der Waals surface area contributed by atoms with Crippen LogP contribution in [0.15, 0.2) is 60.7 Å². The zero-order valence-corrected chi connectivity index (χ0v) is 15.4. The monoisotopic (exact) mass is 378 g/mol. The van der Waals surface area contributed by atoms with Gasteiger partial charge in [-0.15, -0.1) is 0 Å². The van der Waals surface area contributed by atoms with Crippen LogP contribution in [0.2, 0.25) is 0 Å². The number of hydrogen-bond acceptors (Lipinski definition) is 6. The van der Waals surface area contributed by atoms with E-state index in [0.717, 1.165) is 17.4 Å². The molecule has 0 spiro atoms. The van der Waals surface area contributed by atoms with Gasteiger partial charge in [0.1, 0.15) is 12.7 Å². The van der Waals surface area contributed by atoms with Crippen LogP contribution in [0.4, 0.5) is 0 Å². The van der Waals surface area contributed by atoms with E-state index in [0.29, 0.717) is 13.2 Å². The molecule has 26 heavy (non-hydrogen) atoms. The number of benzene rings is 2. The normalized spacial score (nSPS) is 22.7. The molecule has 0 aliphatic carbocycles. The van der Waals surface area contributed by atoms with Gasteiger partial charge < -0.3 is 14.2 Å². The predicted molar refractivity (Wildman–Crippen MR) is 95.7 cm³/mol. The molecule has 2 atom stereocenters. The van der Waals surface area contributed by atoms with Crippen LogP contribution in [0.25, 0.3) is 0 Å². The standard InChI is InChI=1S/C19H22O6S/c1-26(20,21)25-15-19(23-13-17-10-6-3-7-11-17)18(14-24-19)22-12-16-8-4-2-5-9-16/h2-11,18H,12-15H2,1H3. The molecular formula is C19H22O6S. The first kappa shape index (κ1) is 19.0. The maximum Gasteiger partial charge on any atom is 0.264 e. The first-order chi connectivity index (χ1) is 12.5. The molecule has 0 aromatic heterocycles. The predicted octanol–water partition coefficient (Wildman–Crippen LogP) is 2.49. The summed E-state index contributed by atoms with van der Waals surface area (Å²) in [6.07, 6.45) is 0.573. The summed E-state index contributed by atoms with van der Waals surface area (Å²) in [6, 6.07) is 19.3. The lowest BCUT2D eigenvalue weighted by Crippen LogP contribution is -2.63. The SMILES string of the molecule is CS(=O)(=O)OCC1(OCc2ccccc2)OCC1OCc1ccccc1. The van der Waals surface area contributed by atoms with Gasteiger partial charge in [0.05, 0.1) is 26.1 Å². The van der Waals surface area contributed by atoms with Crippen LogP contribution in [-0.4, -0.2) is 39.8 Å². The second kappa shape index (κ2) is 8.28. The van der Waals surface area contributed by atoms with E-state index in [1.54, 1.807) is 0 Å². The lowest BCUT2D eigenvalue weighted by molar-refractivity contribution is -0.385. The smallest absolute Gasteiger partial charge is 0.264 e. The highest BCUT2D eigenvalue weighted by atomic mass is 32.2. The molecule has 1 fully saturated rings. The number of ether oxygens (including phenoxy) is 3. The average Bonchev–Trinajstić information content (AvgIpc) is 2.62. The van der Waals surface area contributed by atoms with Crippen molar-refractivity contribution in [1.82, 2.24) is 0 Å². The van der Waals surface area contributed by atoms with Crippen LogP contribution >= 0.6 is 0 Å². The topological polar surface area (TPSA) is 71.1 Å². The second-order valence-corrected chi connectivity index (χ2v) is 7.79. The largest absolute Gasteiger partial charge is 0.365 e. The second-order valence-electron chi connectivity index (χ2n) is 6.15. The van der Waals surface area contributed by atoms with Crippen LogP contribution in [0.5, 0.6) is 0 Å². The Labute approximate surface area is 153 Å². The van der Waals surface area contributed by atoms with Crippen molar-refractivity contribution in [2.75, 3.05) is 19.5 Å². The van der Waals surface area contributed by atoms with Gasteiger partial charge in [-0.25, -0.2) is 0 Å². The van der Waals surface area contributed by atoms with Crippen LogP contribution in [-0.2, 0) is 41.7 Å². The fraction of sp³-hybridized carbons (Fsp3) is 0.368. The Morgan fingerprint density at radius 2 is 1.58 bits per heavy atom. The Kier molecular flexibility index (Phi) is 6.05. The van der Waals surface area contributed by atoms with Gasteiger partial charge in [-0.1, -0.05) is 60.7 Å². The van der Waals surface area contributed by atoms with Crippen molar-refractivity contribution in [2.45, 2.75) is 25.1 Å². The number of hydrogen-bond donors (Lipinski definition) is 0. The molecular weight excluding hydrogens is 356 g/mol. The quantitative estimate of drug-likeness (QED) is 0.625. The van der Waals surface area contributed by atoms with Crippen molar-refractivity contribution < 1.29 is 26.8 Å². The third-order valence-corrected chi connectivity index (χ3v) is 4.61. The minimum absolute atomic E-state index is 0.252. The molecule has 0 radical (unpaired) electrons. The fourth-order valence-electron chi connectivity index (χ4n) is 2.56. The lowest BCUT2D eigenvalue weighted by Gasteiger charge is -2.47. The molecule has 6 nitrogen and oxygen atoms in total. The van der Waals surface area contributed by atoms with E-state index in [4.69, 9.17) is 18.4 Å². The Balaban J connectivity index is 1.66. The Morgan fingerprint density at radius 1 is 1.00 bits per heavy atom.